The standard InChI is InChI=1S/C13H15N3O2S/c1-9-6-11(8-15-7-9)16-19(17,18)13-10(2)4-3-5-12(13)14/h3-8,16H,14H2,1-2H3. The molecule has 0 saturated carbocycles. The lowest BCUT2D eigenvalue weighted by Gasteiger charge is -2.12. The van der Waals surface area contributed by atoms with E-state index in [1.807, 2.05) is 6.92 Å². The van der Waals surface area contributed by atoms with E-state index >= 15 is 0 Å². The van der Waals surface area contributed by atoms with Crippen LogP contribution in [0.25, 0.3) is 0 Å². The van der Waals surface area contributed by atoms with Gasteiger partial charge in [-0.15, -0.1) is 0 Å². The normalized spacial score (nSPS) is 11.3. The largest absolute Gasteiger partial charge is 0.398 e. The molecule has 0 aliphatic heterocycles. The Morgan fingerprint density at radius 1 is 1.21 bits per heavy atom. The number of aromatic nitrogens is 1. The van der Waals surface area contributed by atoms with Gasteiger partial charge in [0.15, 0.2) is 0 Å². The van der Waals surface area contributed by atoms with Gasteiger partial charge in [0.2, 0.25) is 0 Å². The molecule has 1 heterocycles. The number of aryl methyl sites for hydroxylation is 2. The van der Waals surface area contributed by atoms with Crippen molar-refractivity contribution in [3.05, 3.63) is 47.8 Å². The summed E-state index contributed by atoms with van der Waals surface area (Å²) >= 11 is 0. The van der Waals surface area contributed by atoms with E-state index in [1.165, 1.54) is 6.20 Å². The maximum absolute atomic E-state index is 12.3. The molecule has 0 aliphatic rings. The zero-order valence-corrected chi connectivity index (χ0v) is 11.5. The summed E-state index contributed by atoms with van der Waals surface area (Å²) < 4.78 is 27.2. The number of anilines is 2. The van der Waals surface area contributed by atoms with Crippen LogP contribution in [0.3, 0.4) is 0 Å². The third kappa shape index (κ3) is 2.85. The molecule has 0 amide bonds. The third-order valence-corrected chi connectivity index (χ3v) is 4.24. The first-order chi connectivity index (χ1) is 8.90. The number of nitrogens with zero attached hydrogens (tertiary/aromatic N) is 1. The van der Waals surface area contributed by atoms with Gasteiger partial charge in [-0.2, -0.15) is 0 Å². The lowest BCUT2D eigenvalue weighted by molar-refractivity contribution is 0.601. The lowest BCUT2D eigenvalue weighted by atomic mass is 10.2. The maximum atomic E-state index is 12.3. The van der Waals surface area contributed by atoms with Crippen molar-refractivity contribution in [2.75, 3.05) is 10.5 Å². The first-order valence-corrected chi connectivity index (χ1v) is 7.18. The first-order valence-electron chi connectivity index (χ1n) is 5.70. The van der Waals surface area contributed by atoms with Crippen LogP contribution in [-0.4, -0.2) is 13.4 Å². The van der Waals surface area contributed by atoms with Crippen LogP contribution >= 0.6 is 0 Å². The topological polar surface area (TPSA) is 85.1 Å². The van der Waals surface area contributed by atoms with Crippen molar-refractivity contribution in [3.63, 3.8) is 0 Å². The van der Waals surface area contributed by atoms with Crippen LogP contribution < -0.4 is 10.5 Å². The minimum absolute atomic E-state index is 0.108. The highest BCUT2D eigenvalue weighted by molar-refractivity contribution is 7.93. The Balaban J connectivity index is 2.44. The Morgan fingerprint density at radius 2 is 1.95 bits per heavy atom. The van der Waals surface area contributed by atoms with Gasteiger partial charge in [-0.25, -0.2) is 8.42 Å². The zero-order chi connectivity index (χ0) is 14.0. The van der Waals surface area contributed by atoms with E-state index in [1.54, 1.807) is 37.4 Å². The van der Waals surface area contributed by atoms with Crippen molar-refractivity contribution >= 4 is 21.4 Å². The number of benzene rings is 1. The number of nitrogens with two attached hydrogens (primary N) is 1. The Morgan fingerprint density at radius 3 is 2.58 bits per heavy atom. The van der Waals surface area contributed by atoms with Crippen LogP contribution in [0.4, 0.5) is 11.4 Å². The fraction of sp³-hybridized carbons (Fsp3) is 0.154. The van der Waals surface area contributed by atoms with Gasteiger partial charge in [-0.05, 0) is 37.1 Å². The molecule has 2 rings (SSSR count). The monoisotopic (exact) mass is 277 g/mol. The second-order valence-electron chi connectivity index (χ2n) is 4.35. The number of rotatable bonds is 3. The quantitative estimate of drug-likeness (QED) is 0.841. The maximum Gasteiger partial charge on any atom is 0.264 e. The molecule has 19 heavy (non-hydrogen) atoms. The molecule has 0 bridgehead atoms. The molecular formula is C13H15N3O2S. The smallest absolute Gasteiger partial charge is 0.264 e. The molecular weight excluding hydrogens is 262 g/mol. The Kier molecular flexibility index (Phi) is 3.44. The summed E-state index contributed by atoms with van der Waals surface area (Å²) in [7, 11) is -3.71. The molecule has 2 aromatic rings. The van der Waals surface area contributed by atoms with E-state index in [-0.39, 0.29) is 10.6 Å². The van der Waals surface area contributed by atoms with Gasteiger partial charge in [-0.3, -0.25) is 9.71 Å². The molecule has 6 heteroatoms. The fourth-order valence-electron chi connectivity index (χ4n) is 1.86. The van der Waals surface area contributed by atoms with Crippen LogP contribution in [0, 0.1) is 13.8 Å². The number of nitrogens with one attached hydrogen (secondary N) is 1. The van der Waals surface area contributed by atoms with Gasteiger partial charge >= 0.3 is 0 Å². The van der Waals surface area contributed by atoms with Gasteiger partial charge in [0.05, 0.1) is 17.6 Å². The van der Waals surface area contributed by atoms with Crippen molar-refractivity contribution in [1.29, 1.82) is 0 Å². The summed E-state index contributed by atoms with van der Waals surface area (Å²) in [5.41, 5.74) is 7.88. The van der Waals surface area contributed by atoms with Crippen molar-refractivity contribution < 1.29 is 8.42 Å². The highest BCUT2D eigenvalue weighted by atomic mass is 32.2. The molecule has 0 saturated heterocycles. The third-order valence-electron chi connectivity index (χ3n) is 2.64. The summed E-state index contributed by atoms with van der Waals surface area (Å²) in [5.74, 6) is 0. The van der Waals surface area contributed by atoms with Crippen molar-refractivity contribution in [2.45, 2.75) is 18.7 Å². The van der Waals surface area contributed by atoms with Gasteiger partial charge in [0.1, 0.15) is 4.90 Å². The highest BCUT2D eigenvalue weighted by Crippen LogP contribution is 2.24. The first kappa shape index (κ1) is 13.4. The number of hydrogen-bond acceptors (Lipinski definition) is 4. The second kappa shape index (κ2) is 4.89. The number of nitrogen functional groups attached to an aromatic ring is 1. The minimum atomic E-state index is -3.71. The van der Waals surface area contributed by atoms with Crippen LogP contribution in [-0.2, 0) is 10.0 Å². The molecule has 0 atom stereocenters. The summed E-state index contributed by atoms with van der Waals surface area (Å²) in [4.78, 5) is 4.06. The van der Waals surface area contributed by atoms with Crippen LogP contribution in [0.1, 0.15) is 11.1 Å². The molecule has 1 aromatic carbocycles. The summed E-state index contributed by atoms with van der Waals surface area (Å²) in [5, 5.41) is 0. The van der Waals surface area contributed by atoms with Gasteiger partial charge in [-0.1, -0.05) is 12.1 Å². The fourth-order valence-corrected chi connectivity index (χ4v) is 3.25. The molecule has 5 nitrogen and oxygen atoms in total. The minimum Gasteiger partial charge on any atom is -0.398 e. The summed E-state index contributed by atoms with van der Waals surface area (Å²) in [6.45, 7) is 3.55. The predicted molar refractivity (Wildman–Crippen MR) is 75.4 cm³/mol. The summed E-state index contributed by atoms with van der Waals surface area (Å²) in [6, 6.07) is 6.70. The number of hydrogen-bond donors (Lipinski definition) is 2. The van der Waals surface area contributed by atoms with Crippen molar-refractivity contribution in [2.24, 2.45) is 0 Å². The Hall–Kier alpha value is -2.08. The van der Waals surface area contributed by atoms with E-state index in [4.69, 9.17) is 5.73 Å². The lowest BCUT2D eigenvalue weighted by Crippen LogP contribution is -2.16. The second-order valence-corrected chi connectivity index (χ2v) is 5.97. The average molecular weight is 277 g/mol. The van der Waals surface area contributed by atoms with Crippen LogP contribution in [0.2, 0.25) is 0 Å². The van der Waals surface area contributed by atoms with E-state index in [0.717, 1.165) is 5.56 Å². The summed E-state index contributed by atoms with van der Waals surface area (Å²) in [6.07, 6.45) is 3.11. The van der Waals surface area contributed by atoms with Gasteiger partial charge < -0.3 is 5.73 Å². The molecule has 100 valence electrons. The number of sulfonamides is 1. The van der Waals surface area contributed by atoms with E-state index in [0.29, 0.717) is 11.3 Å². The van der Waals surface area contributed by atoms with E-state index < -0.39 is 10.0 Å². The van der Waals surface area contributed by atoms with E-state index in [9.17, 15) is 8.42 Å². The molecule has 0 radical (unpaired) electrons. The Labute approximate surface area is 112 Å². The Bertz CT molecular complexity index is 691. The van der Waals surface area contributed by atoms with Crippen molar-refractivity contribution in [1.82, 2.24) is 4.98 Å². The molecule has 0 fully saturated rings. The average Bonchev–Trinajstić information content (AvgIpc) is 2.27. The van der Waals surface area contributed by atoms with Crippen LogP contribution in [0.5, 0.6) is 0 Å². The molecule has 0 aliphatic carbocycles. The van der Waals surface area contributed by atoms with Gasteiger partial charge in [0, 0.05) is 6.20 Å². The zero-order valence-electron chi connectivity index (χ0n) is 10.7. The number of pyridine rings is 1. The molecule has 0 unspecified atom stereocenters. The SMILES string of the molecule is Cc1cncc(NS(=O)(=O)c2c(C)cccc2N)c1. The van der Waals surface area contributed by atoms with Crippen molar-refractivity contribution in [3.8, 4) is 0 Å². The van der Waals surface area contributed by atoms with E-state index in [2.05, 4.69) is 9.71 Å². The van der Waals surface area contributed by atoms with Crippen LogP contribution in [0.15, 0.2) is 41.6 Å². The molecule has 1 aromatic heterocycles. The molecule has 0 spiro atoms. The van der Waals surface area contributed by atoms with Gasteiger partial charge in [0.25, 0.3) is 10.0 Å². The highest BCUT2D eigenvalue weighted by Gasteiger charge is 2.20. The molecule has 3 N–H and O–H groups in total. The predicted octanol–water partition coefficient (Wildman–Crippen LogP) is 2.08.